The largest absolute Gasteiger partial charge is 0.353 e. The van der Waals surface area contributed by atoms with Gasteiger partial charge in [-0.05, 0) is 31.0 Å². The fourth-order valence-electron chi connectivity index (χ4n) is 3.70. The maximum atomic E-state index is 13.2. The van der Waals surface area contributed by atoms with E-state index in [2.05, 4.69) is 19.9 Å². The van der Waals surface area contributed by atoms with Crippen LogP contribution in [0.15, 0.2) is 47.5 Å². The SMILES string of the molecule is O=C(c1cc(NS(=O)(=O)c2ccccc2)cnc1N1CCNCC1)N1CCCC1. The lowest BCUT2D eigenvalue weighted by molar-refractivity contribution is 0.0793. The Bertz CT molecular complexity index is 969. The van der Waals surface area contributed by atoms with Crippen LogP contribution in [0.25, 0.3) is 0 Å². The molecule has 154 valence electrons. The second-order valence-electron chi connectivity index (χ2n) is 7.25. The number of hydrogen-bond acceptors (Lipinski definition) is 6. The molecule has 2 fully saturated rings. The first-order chi connectivity index (χ1) is 14.0. The minimum absolute atomic E-state index is 0.0932. The van der Waals surface area contributed by atoms with Crippen molar-refractivity contribution in [3.05, 3.63) is 48.2 Å². The average Bonchev–Trinajstić information content (AvgIpc) is 3.29. The average molecular weight is 416 g/mol. The van der Waals surface area contributed by atoms with Gasteiger partial charge in [0.15, 0.2) is 0 Å². The first-order valence-electron chi connectivity index (χ1n) is 9.87. The van der Waals surface area contributed by atoms with Crippen LogP contribution in [0.3, 0.4) is 0 Å². The molecule has 0 unspecified atom stereocenters. The van der Waals surface area contributed by atoms with Gasteiger partial charge in [-0.1, -0.05) is 18.2 Å². The second-order valence-corrected chi connectivity index (χ2v) is 8.93. The summed E-state index contributed by atoms with van der Waals surface area (Å²) in [6.45, 7) is 4.59. The van der Waals surface area contributed by atoms with E-state index < -0.39 is 10.0 Å². The lowest BCUT2D eigenvalue weighted by atomic mass is 10.2. The third kappa shape index (κ3) is 4.35. The van der Waals surface area contributed by atoms with E-state index in [1.165, 1.54) is 18.3 Å². The molecular formula is C20H25N5O3S. The number of anilines is 2. The number of carbonyl (C=O) groups is 1. The molecule has 1 aromatic heterocycles. The van der Waals surface area contributed by atoms with Crippen LogP contribution in [0.5, 0.6) is 0 Å². The number of benzene rings is 1. The molecule has 2 N–H and O–H groups in total. The van der Waals surface area contributed by atoms with Gasteiger partial charge in [0.1, 0.15) is 5.82 Å². The van der Waals surface area contributed by atoms with E-state index in [9.17, 15) is 13.2 Å². The Morgan fingerprint density at radius 1 is 1.03 bits per heavy atom. The van der Waals surface area contributed by atoms with E-state index in [0.717, 1.165) is 52.1 Å². The van der Waals surface area contributed by atoms with E-state index in [1.807, 2.05) is 4.90 Å². The normalized spacial score (nSPS) is 17.4. The van der Waals surface area contributed by atoms with Crippen LogP contribution >= 0.6 is 0 Å². The van der Waals surface area contributed by atoms with Crippen molar-refractivity contribution < 1.29 is 13.2 Å². The van der Waals surface area contributed by atoms with Crippen molar-refractivity contribution in [2.75, 3.05) is 48.9 Å². The Kier molecular flexibility index (Phi) is 5.68. The van der Waals surface area contributed by atoms with Crippen molar-refractivity contribution in [2.24, 2.45) is 0 Å². The Hall–Kier alpha value is -2.65. The summed E-state index contributed by atoms with van der Waals surface area (Å²) in [7, 11) is -3.75. The van der Waals surface area contributed by atoms with Gasteiger partial charge < -0.3 is 15.1 Å². The number of nitrogens with zero attached hydrogens (tertiary/aromatic N) is 3. The number of carbonyl (C=O) groups excluding carboxylic acids is 1. The number of sulfonamides is 1. The van der Waals surface area contributed by atoms with Gasteiger partial charge in [0, 0.05) is 39.3 Å². The summed E-state index contributed by atoms with van der Waals surface area (Å²) < 4.78 is 27.9. The van der Waals surface area contributed by atoms with Crippen LogP contribution < -0.4 is 14.9 Å². The Morgan fingerprint density at radius 3 is 2.41 bits per heavy atom. The van der Waals surface area contributed by atoms with Crippen LogP contribution in [-0.4, -0.2) is 63.5 Å². The number of pyridine rings is 1. The highest BCUT2D eigenvalue weighted by Crippen LogP contribution is 2.26. The standard InChI is InChI=1S/C20H25N5O3S/c26-20(25-10-4-5-11-25)18-14-16(15-22-19(18)24-12-8-21-9-13-24)23-29(27,28)17-6-2-1-3-7-17/h1-3,6-7,14-15,21,23H,4-5,8-13H2. The van der Waals surface area contributed by atoms with Gasteiger partial charge in [-0.25, -0.2) is 13.4 Å². The number of hydrogen-bond donors (Lipinski definition) is 2. The van der Waals surface area contributed by atoms with Gasteiger partial charge in [0.2, 0.25) is 0 Å². The van der Waals surface area contributed by atoms with Gasteiger partial charge in [-0.15, -0.1) is 0 Å². The lowest BCUT2D eigenvalue weighted by Gasteiger charge is -2.30. The van der Waals surface area contributed by atoms with Crippen LogP contribution in [-0.2, 0) is 10.0 Å². The van der Waals surface area contributed by atoms with Gasteiger partial charge in [0.05, 0.1) is 22.3 Å². The predicted molar refractivity (Wildman–Crippen MR) is 112 cm³/mol. The smallest absolute Gasteiger partial charge is 0.261 e. The molecule has 2 aliphatic heterocycles. The molecule has 4 rings (SSSR count). The molecular weight excluding hydrogens is 390 g/mol. The Morgan fingerprint density at radius 2 is 1.72 bits per heavy atom. The topological polar surface area (TPSA) is 94.6 Å². The molecule has 2 aliphatic rings. The van der Waals surface area contributed by atoms with Crippen molar-refractivity contribution in [3.63, 3.8) is 0 Å². The van der Waals surface area contributed by atoms with E-state index in [-0.39, 0.29) is 16.5 Å². The summed E-state index contributed by atoms with van der Waals surface area (Å²) in [6.07, 6.45) is 3.46. The molecule has 1 aromatic carbocycles. The minimum Gasteiger partial charge on any atom is -0.353 e. The van der Waals surface area contributed by atoms with Crippen LogP contribution in [0.1, 0.15) is 23.2 Å². The maximum absolute atomic E-state index is 13.2. The van der Waals surface area contributed by atoms with Gasteiger partial charge in [0.25, 0.3) is 15.9 Å². The molecule has 0 aliphatic carbocycles. The van der Waals surface area contributed by atoms with Gasteiger partial charge >= 0.3 is 0 Å². The van der Waals surface area contributed by atoms with Crippen molar-refractivity contribution in [1.82, 2.24) is 15.2 Å². The number of aromatic nitrogens is 1. The van der Waals surface area contributed by atoms with E-state index in [0.29, 0.717) is 11.4 Å². The van der Waals surface area contributed by atoms with E-state index >= 15 is 0 Å². The van der Waals surface area contributed by atoms with Crippen molar-refractivity contribution in [1.29, 1.82) is 0 Å². The number of nitrogens with one attached hydrogen (secondary N) is 2. The molecule has 2 saturated heterocycles. The fourth-order valence-corrected chi connectivity index (χ4v) is 4.76. The summed E-state index contributed by atoms with van der Waals surface area (Å²) in [4.78, 5) is 21.7. The highest BCUT2D eigenvalue weighted by molar-refractivity contribution is 7.92. The van der Waals surface area contributed by atoms with Crippen molar-refractivity contribution in [3.8, 4) is 0 Å². The number of likely N-dealkylation sites (tertiary alicyclic amines) is 1. The van der Waals surface area contributed by atoms with Crippen molar-refractivity contribution >= 4 is 27.4 Å². The van der Waals surface area contributed by atoms with Crippen LogP contribution in [0, 0.1) is 0 Å². The molecule has 1 amide bonds. The number of rotatable bonds is 5. The molecule has 0 spiro atoms. The monoisotopic (exact) mass is 415 g/mol. The molecule has 2 aromatic rings. The molecule has 0 bridgehead atoms. The summed E-state index contributed by atoms with van der Waals surface area (Å²) in [5, 5.41) is 3.29. The second kappa shape index (κ2) is 8.38. The quantitative estimate of drug-likeness (QED) is 0.769. The fraction of sp³-hybridized carbons (Fsp3) is 0.400. The summed E-state index contributed by atoms with van der Waals surface area (Å²) in [5.41, 5.74) is 0.734. The zero-order valence-corrected chi connectivity index (χ0v) is 17.0. The molecule has 3 heterocycles. The van der Waals surface area contributed by atoms with Crippen LogP contribution in [0.2, 0.25) is 0 Å². The van der Waals surface area contributed by atoms with E-state index in [1.54, 1.807) is 24.3 Å². The van der Waals surface area contributed by atoms with Crippen molar-refractivity contribution in [2.45, 2.75) is 17.7 Å². The molecule has 29 heavy (non-hydrogen) atoms. The first kappa shape index (κ1) is 19.7. The summed E-state index contributed by atoms with van der Waals surface area (Å²) in [5.74, 6) is 0.523. The predicted octanol–water partition coefficient (Wildman–Crippen LogP) is 1.53. The molecule has 0 atom stereocenters. The van der Waals surface area contributed by atoms with E-state index in [4.69, 9.17) is 0 Å². The van der Waals surface area contributed by atoms with Gasteiger partial charge in [-0.3, -0.25) is 9.52 Å². The minimum atomic E-state index is -3.75. The lowest BCUT2D eigenvalue weighted by Crippen LogP contribution is -2.45. The molecule has 8 nitrogen and oxygen atoms in total. The number of amides is 1. The zero-order valence-electron chi connectivity index (χ0n) is 16.2. The first-order valence-corrected chi connectivity index (χ1v) is 11.4. The Labute approximate surface area is 171 Å². The number of piperazine rings is 1. The zero-order chi connectivity index (χ0) is 20.3. The highest BCUT2D eigenvalue weighted by Gasteiger charge is 2.26. The third-order valence-electron chi connectivity index (χ3n) is 5.21. The molecule has 0 radical (unpaired) electrons. The maximum Gasteiger partial charge on any atom is 0.261 e. The molecule has 9 heteroatoms. The molecule has 0 saturated carbocycles. The summed E-state index contributed by atoms with van der Waals surface area (Å²) in [6, 6.07) is 9.77. The van der Waals surface area contributed by atoms with Crippen LogP contribution in [0.4, 0.5) is 11.5 Å². The summed E-state index contributed by atoms with van der Waals surface area (Å²) >= 11 is 0. The van der Waals surface area contributed by atoms with Gasteiger partial charge in [-0.2, -0.15) is 0 Å². The third-order valence-corrected chi connectivity index (χ3v) is 6.61. The Balaban J connectivity index is 1.67. The highest BCUT2D eigenvalue weighted by atomic mass is 32.2.